The van der Waals surface area contributed by atoms with Crippen LogP contribution in [-0.2, 0) is 0 Å². The highest BCUT2D eigenvalue weighted by Crippen LogP contribution is 2.27. The Morgan fingerprint density at radius 2 is 1.85 bits per heavy atom. The second-order valence-corrected chi connectivity index (χ2v) is 6.30. The summed E-state index contributed by atoms with van der Waals surface area (Å²) < 4.78 is 11.0. The number of methoxy groups -OCH3 is 1. The zero-order chi connectivity index (χ0) is 18.8. The van der Waals surface area contributed by atoms with Crippen LogP contribution in [0.4, 0.5) is 5.69 Å². The van der Waals surface area contributed by atoms with Crippen LogP contribution in [0.3, 0.4) is 0 Å². The average Bonchev–Trinajstić information content (AvgIpc) is 3.11. The van der Waals surface area contributed by atoms with Crippen molar-refractivity contribution in [1.29, 1.82) is 0 Å². The summed E-state index contributed by atoms with van der Waals surface area (Å²) in [6.45, 7) is 0. The van der Waals surface area contributed by atoms with Gasteiger partial charge in [-0.25, -0.2) is 4.98 Å². The third kappa shape index (κ3) is 3.50. The van der Waals surface area contributed by atoms with E-state index in [0.717, 1.165) is 5.56 Å². The third-order valence-corrected chi connectivity index (χ3v) is 4.34. The van der Waals surface area contributed by atoms with Crippen LogP contribution in [0.5, 0.6) is 5.75 Å². The molecule has 1 amide bonds. The molecule has 0 fully saturated rings. The fourth-order valence-electron chi connectivity index (χ4n) is 2.75. The number of para-hydroxylation sites is 1. The average molecular weight is 379 g/mol. The molecular formula is C21H15ClN2O3. The van der Waals surface area contributed by atoms with Gasteiger partial charge in [-0.3, -0.25) is 4.79 Å². The van der Waals surface area contributed by atoms with Crippen LogP contribution in [0.1, 0.15) is 10.4 Å². The molecule has 134 valence electrons. The molecule has 1 heterocycles. The summed E-state index contributed by atoms with van der Waals surface area (Å²) in [5.74, 6) is 0.755. The summed E-state index contributed by atoms with van der Waals surface area (Å²) in [4.78, 5) is 17.0. The van der Waals surface area contributed by atoms with E-state index in [1.54, 1.807) is 48.5 Å². The minimum absolute atomic E-state index is 0.256. The number of fused-ring (bicyclic) bond motifs is 1. The molecule has 0 saturated carbocycles. The minimum atomic E-state index is -0.256. The van der Waals surface area contributed by atoms with Gasteiger partial charge in [0, 0.05) is 16.3 Å². The topological polar surface area (TPSA) is 64.4 Å². The first-order valence-electron chi connectivity index (χ1n) is 8.25. The van der Waals surface area contributed by atoms with Crippen molar-refractivity contribution < 1.29 is 13.9 Å². The normalized spacial score (nSPS) is 10.7. The maximum absolute atomic E-state index is 12.5. The quantitative estimate of drug-likeness (QED) is 0.515. The van der Waals surface area contributed by atoms with Gasteiger partial charge < -0.3 is 14.5 Å². The smallest absolute Gasteiger partial charge is 0.259 e. The van der Waals surface area contributed by atoms with Crippen molar-refractivity contribution in [3.8, 4) is 17.2 Å². The number of carbonyl (C=O) groups is 1. The van der Waals surface area contributed by atoms with E-state index in [1.165, 1.54) is 7.11 Å². The molecule has 0 aliphatic carbocycles. The molecule has 0 saturated heterocycles. The molecule has 4 aromatic rings. The summed E-state index contributed by atoms with van der Waals surface area (Å²) in [6, 6.07) is 19.6. The fourth-order valence-corrected chi connectivity index (χ4v) is 2.88. The van der Waals surface area contributed by atoms with Gasteiger partial charge in [0.1, 0.15) is 11.3 Å². The number of amides is 1. The lowest BCUT2D eigenvalue weighted by molar-refractivity contribution is 0.102. The highest BCUT2D eigenvalue weighted by molar-refractivity contribution is 6.30. The number of hydrogen-bond acceptors (Lipinski definition) is 4. The van der Waals surface area contributed by atoms with Gasteiger partial charge in [-0.05, 0) is 54.6 Å². The summed E-state index contributed by atoms with van der Waals surface area (Å²) in [5, 5.41) is 3.51. The standard InChI is InChI=1S/C21H15ClN2O3/c1-26-18-5-3-2-4-16(18)20(25)23-15-10-11-19-17(12-15)24-21(27-19)13-6-8-14(22)9-7-13/h2-12H,1H3,(H,23,25). The number of carbonyl (C=O) groups excluding carboxylic acids is 1. The van der Waals surface area contributed by atoms with Crippen LogP contribution in [0, 0.1) is 0 Å². The largest absolute Gasteiger partial charge is 0.496 e. The predicted molar refractivity (Wildman–Crippen MR) is 105 cm³/mol. The van der Waals surface area contributed by atoms with Gasteiger partial charge >= 0.3 is 0 Å². The number of aromatic nitrogens is 1. The molecule has 1 aromatic heterocycles. The molecule has 0 aliphatic heterocycles. The van der Waals surface area contributed by atoms with Crippen molar-refractivity contribution >= 4 is 34.3 Å². The summed E-state index contributed by atoms with van der Waals surface area (Å²) in [5.41, 5.74) is 3.19. The molecule has 0 aliphatic rings. The monoisotopic (exact) mass is 378 g/mol. The van der Waals surface area contributed by atoms with E-state index in [9.17, 15) is 4.79 Å². The Labute approximate surface area is 160 Å². The molecule has 0 spiro atoms. The summed E-state index contributed by atoms with van der Waals surface area (Å²) in [6.07, 6.45) is 0. The molecule has 5 nitrogen and oxygen atoms in total. The van der Waals surface area contributed by atoms with Gasteiger partial charge in [0.05, 0.1) is 12.7 Å². The number of benzene rings is 3. The van der Waals surface area contributed by atoms with Gasteiger partial charge in [0.15, 0.2) is 5.58 Å². The van der Waals surface area contributed by atoms with Crippen molar-refractivity contribution in [1.82, 2.24) is 4.98 Å². The summed E-state index contributed by atoms with van der Waals surface area (Å²) in [7, 11) is 1.53. The lowest BCUT2D eigenvalue weighted by Crippen LogP contribution is -2.13. The fraction of sp³-hybridized carbons (Fsp3) is 0.0476. The minimum Gasteiger partial charge on any atom is -0.496 e. The number of nitrogens with zero attached hydrogens (tertiary/aromatic N) is 1. The summed E-state index contributed by atoms with van der Waals surface area (Å²) >= 11 is 5.92. The van der Waals surface area contributed by atoms with Crippen LogP contribution < -0.4 is 10.1 Å². The Bertz CT molecular complexity index is 1120. The Hall–Kier alpha value is -3.31. The number of halogens is 1. The van der Waals surface area contributed by atoms with Gasteiger partial charge in [0.25, 0.3) is 5.91 Å². The molecule has 4 rings (SSSR count). The maximum Gasteiger partial charge on any atom is 0.259 e. The first-order valence-corrected chi connectivity index (χ1v) is 8.63. The van der Waals surface area contributed by atoms with E-state index < -0.39 is 0 Å². The van der Waals surface area contributed by atoms with Crippen LogP contribution >= 0.6 is 11.6 Å². The highest BCUT2D eigenvalue weighted by atomic mass is 35.5. The lowest BCUT2D eigenvalue weighted by atomic mass is 10.2. The van der Waals surface area contributed by atoms with Gasteiger partial charge in [-0.2, -0.15) is 0 Å². The molecule has 0 atom stereocenters. The van der Waals surface area contributed by atoms with Crippen LogP contribution in [0.2, 0.25) is 5.02 Å². The molecule has 1 N–H and O–H groups in total. The van der Waals surface area contributed by atoms with Gasteiger partial charge in [0.2, 0.25) is 5.89 Å². The number of anilines is 1. The van der Waals surface area contributed by atoms with E-state index in [4.69, 9.17) is 20.8 Å². The third-order valence-electron chi connectivity index (χ3n) is 4.09. The maximum atomic E-state index is 12.5. The Morgan fingerprint density at radius 1 is 1.07 bits per heavy atom. The van der Waals surface area contributed by atoms with E-state index in [0.29, 0.717) is 39.0 Å². The SMILES string of the molecule is COc1ccccc1C(=O)Nc1ccc2oc(-c3ccc(Cl)cc3)nc2c1. The second kappa shape index (κ2) is 7.13. The molecule has 3 aromatic carbocycles. The molecule has 0 bridgehead atoms. The van der Waals surface area contributed by atoms with E-state index >= 15 is 0 Å². The predicted octanol–water partition coefficient (Wildman–Crippen LogP) is 5.41. The van der Waals surface area contributed by atoms with E-state index in [1.807, 2.05) is 18.2 Å². The number of hydrogen-bond donors (Lipinski definition) is 1. The first-order chi connectivity index (χ1) is 13.1. The van der Waals surface area contributed by atoms with E-state index in [-0.39, 0.29) is 5.91 Å². The highest BCUT2D eigenvalue weighted by Gasteiger charge is 2.13. The van der Waals surface area contributed by atoms with Gasteiger partial charge in [-0.1, -0.05) is 23.7 Å². The number of ether oxygens (including phenoxy) is 1. The van der Waals surface area contributed by atoms with Crippen molar-refractivity contribution in [3.05, 3.63) is 77.3 Å². The zero-order valence-corrected chi connectivity index (χ0v) is 15.2. The Kier molecular flexibility index (Phi) is 4.52. The Morgan fingerprint density at radius 3 is 2.63 bits per heavy atom. The van der Waals surface area contributed by atoms with Crippen LogP contribution in [0.15, 0.2) is 71.1 Å². The lowest BCUT2D eigenvalue weighted by Gasteiger charge is -2.08. The van der Waals surface area contributed by atoms with Gasteiger partial charge in [-0.15, -0.1) is 0 Å². The molecule has 0 radical (unpaired) electrons. The van der Waals surface area contributed by atoms with Crippen molar-refractivity contribution in [2.24, 2.45) is 0 Å². The number of nitrogens with one attached hydrogen (secondary N) is 1. The molecular weight excluding hydrogens is 364 g/mol. The number of oxazole rings is 1. The number of rotatable bonds is 4. The van der Waals surface area contributed by atoms with Crippen molar-refractivity contribution in [2.45, 2.75) is 0 Å². The second-order valence-electron chi connectivity index (χ2n) is 5.86. The molecule has 6 heteroatoms. The molecule has 27 heavy (non-hydrogen) atoms. The first kappa shape index (κ1) is 17.1. The molecule has 0 unspecified atom stereocenters. The van der Waals surface area contributed by atoms with Crippen LogP contribution in [0.25, 0.3) is 22.6 Å². The van der Waals surface area contributed by atoms with Crippen molar-refractivity contribution in [2.75, 3.05) is 12.4 Å². The Balaban J connectivity index is 1.62. The zero-order valence-electron chi connectivity index (χ0n) is 14.4. The van der Waals surface area contributed by atoms with Crippen molar-refractivity contribution in [3.63, 3.8) is 0 Å². The van der Waals surface area contributed by atoms with Crippen LogP contribution in [-0.4, -0.2) is 18.0 Å². The van der Waals surface area contributed by atoms with E-state index in [2.05, 4.69) is 10.3 Å².